The Hall–Kier alpha value is -1.46. The van der Waals surface area contributed by atoms with Crippen molar-refractivity contribution in [2.45, 2.75) is 64.0 Å². The van der Waals surface area contributed by atoms with Crippen LogP contribution in [0.1, 0.15) is 56.9 Å². The fraction of sp³-hybridized carbons (Fsp3) is 0.619. The van der Waals surface area contributed by atoms with E-state index in [0.717, 1.165) is 44.3 Å². The SMILES string of the molecule is C[C@@H]1CCC[C@@H](C)N1C(=O)CN1CCC(c2nc3ccccc3s2)CC1. The number of nitrogens with zero attached hydrogens (tertiary/aromatic N) is 3. The largest absolute Gasteiger partial charge is 0.336 e. The minimum absolute atomic E-state index is 0.322. The van der Waals surface area contributed by atoms with Gasteiger partial charge in [-0.3, -0.25) is 9.69 Å². The summed E-state index contributed by atoms with van der Waals surface area (Å²) in [5.74, 6) is 0.870. The van der Waals surface area contributed by atoms with E-state index in [9.17, 15) is 4.79 Å². The van der Waals surface area contributed by atoms with E-state index in [1.54, 1.807) is 0 Å². The zero-order valence-corrected chi connectivity index (χ0v) is 16.7. The lowest BCUT2D eigenvalue weighted by Gasteiger charge is -2.41. The molecule has 3 heterocycles. The number of benzene rings is 1. The topological polar surface area (TPSA) is 36.4 Å². The fourth-order valence-electron chi connectivity index (χ4n) is 4.59. The number of thiazole rings is 1. The van der Waals surface area contributed by atoms with Crippen molar-refractivity contribution in [2.75, 3.05) is 19.6 Å². The Bertz CT molecular complexity index is 722. The summed E-state index contributed by atoms with van der Waals surface area (Å²) in [7, 11) is 0. The normalized spacial score (nSPS) is 25.7. The molecule has 2 atom stereocenters. The van der Waals surface area contributed by atoms with Crippen molar-refractivity contribution in [3.8, 4) is 0 Å². The van der Waals surface area contributed by atoms with Gasteiger partial charge in [-0.25, -0.2) is 4.98 Å². The molecule has 0 radical (unpaired) electrons. The van der Waals surface area contributed by atoms with Crippen LogP contribution in [0.4, 0.5) is 0 Å². The first-order valence-corrected chi connectivity index (χ1v) is 10.8. The van der Waals surface area contributed by atoms with E-state index in [2.05, 4.69) is 47.9 Å². The highest BCUT2D eigenvalue weighted by Crippen LogP contribution is 2.34. The van der Waals surface area contributed by atoms with Crippen LogP contribution in [0.25, 0.3) is 10.2 Å². The van der Waals surface area contributed by atoms with Gasteiger partial charge in [-0.1, -0.05) is 12.1 Å². The van der Waals surface area contributed by atoms with Crippen LogP contribution in [-0.2, 0) is 4.79 Å². The van der Waals surface area contributed by atoms with Gasteiger partial charge in [0.25, 0.3) is 0 Å². The van der Waals surface area contributed by atoms with Crippen LogP contribution in [0, 0.1) is 0 Å². The Morgan fingerprint density at radius 1 is 1.12 bits per heavy atom. The van der Waals surface area contributed by atoms with E-state index >= 15 is 0 Å². The first-order chi connectivity index (χ1) is 12.6. The average molecular weight is 372 g/mol. The van der Waals surface area contributed by atoms with Gasteiger partial charge in [0.2, 0.25) is 5.91 Å². The quantitative estimate of drug-likeness (QED) is 0.809. The Kier molecular flexibility index (Phi) is 5.28. The van der Waals surface area contributed by atoms with Gasteiger partial charge in [-0.2, -0.15) is 0 Å². The zero-order valence-electron chi connectivity index (χ0n) is 15.9. The molecule has 0 N–H and O–H groups in total. The van der Waals surface area contributed by atoms with Crippen LogP contribution >= 0.6 is 11.3 Å². The lowest BCUT2D eigenvalue weighted by Crippen LogP contribution is -2.51. The molecule has 1 amide bonds. The summed E-state index contributed by atoms with van der Waals surface area (Å²) in [6, 6.07) is 9.19. The molecular weight excluding hydrogens is 342 g/mol. The Morgan fingerprint density at radius 2 is 1.81 bits per heavy atom. The van der Waals surface area contributed by atoms with Gasteiger partial charge in [0.15, 0.2) is 0 Å². The van der Waals surface area contributed by atoms with Gasteiger partial charge in [0.1, 0.15) is 0 Å². The molecule has 2 aromatic rings. The molecule has 0 saturated carbocycles. The van der Waals surface area contributed by atoms with E-state index in [1.165, 1.54) is 16.1 Å². The predicted molar refractivity (Wildman–Crippen MR) is 108 cm³/mol. The van der Waals surface area contributed by atoms with Crippen molar-refractivity contribution in [3.05, 3.63) is 29.3 Å². The summed E-state index contributed by atoms with van der Waals surface area (Å²) in [6.07, 6.45) is 5.77. The molecule has 0 aliphatic carbocycles. The average Bonchev–Trinajstić information content (AvgIpc) is 3.06. The summed E-state index contributed by atoms with van der Waals surface area (Å²) in [4.78, 5) is 22.2. The smallest absolute Gasteiger partial charge is 0.237 e. The van der Waals surface area contributed by atoms with Crippen LogP contribution in [0.15, 0.2) is 24.3 Å². The number of amides is 1. The van der Waals surface area contributed by atoms with Gasteiger partial charge >= 0.3 is 0 Å². The van der Waals surface area contributed by atoms with Crippen molar-refractivity contribution in [2.24, 2.45) is 0 Å². The van der Waals surface area contributed by atoms with Gasteiger partial charge in [-0.15, -0.1) is 11.3 Å². The molecule has 1 aromatic carbocycles. The van der Waals surface area contributed by atoms with Gasteiger partial charge < -0.3 is 4.90 Å². The minimum atomic E-state index is 0.322. The third kappa shape index (κ3) is 3.65. The Labute approximate surface area is 160 Å². The number of hydrogen-bond donors (Lipinski definition) is 0. The molecule has 2 saturated heterocycles. The molecule has 1 aromatic heterocycles. The molecule has 2 fully saturated rings. The highest BCUT2D eigenvalue weighted by atomic mass is 32.1. The molecule has 2 aliphatic rings. The second kappa shape index (κ2) is 7.65. The molecule has 4 rings (SSSR count). The summed E-state index contributed by atoms with van der Waals surface area (Å²) >= 11 is 1.84. The minimum Gasteiger partial charge on any atom is -0.336 e. The number of likely N-dealkylation sites (tertiary alicyclic amines) is 2. The van der Waals surface area contributed by atoms with E-state index in [0.29, 0.717) is 30.5 Å². The highest BCUT2D eigenvalue weighted by molar-refractivity contribution is 7.18. The van der Waals surface area contributed by atoms with Crippen molar-refractivity contribution < 1.29 is 4.79 Å². The molecule has 0 spiro atoms. The van der Waals surface area contributed by atoms with Gasteiger partial charge in [0.05, 0.1) is 21.8 Å². The number of rotatable bonds is 3. The first kappa shape index (κ1) is 17.9. The molecule has 5 heteroatoms. The van der Waals surface area contributed by atoms with Gasteiger partial charge in [0, 0.05) is 18.0 Å². The van der Waals surface area contributed by atoms with E-state index in [1.807, 2.05) is 11.3 Å². The number of para-hydroxylation sites is 1. The molecule has 0 unspecified atom stereocenters. The number of carbonyl (C=O) groups is 1. The van der Waals surface area contributed by atoms with Crippen molar-refractivity contribution in [1.29, 1.82) is 0 Å². The van der Waals surface area contributed by atoms with Crippen molar-refractivity contribution >= 4 is 27.5 Å². The number of fused-ring (bicyclic) bond motifs is 1. The third-order valence-corrected chi connectivity index (χ3v) is 7.29. The maximum Gasteiger partial charge on any atom is 0.237 e. The van der Waals surface area contributed by atoms with Crippen molar-refractivity contribution in [1.82, 2.24) is 14.8 Å². The lowest BCUT2D eigenvalue weighted by atomic mass is 9.96. The Morgan fingerprint density at radius 3 is 2.50 bits per heavy atom. The standard InChI is InChI=1S/C21H29N3OS/c1-15-6-5-7-16(2)24(15)20(25)14-23-12-10-17(11-13-23)21-22-18-8-3-4-9-19(18)26-21/h3-4,8-9,15-17H,5-7,10-14H2,1-2H3/t15-,16-/m1/s1. The summed E-state index contributed by atoms with van der Waals surface area (Å²) in [5, 5.41) is 1.27. The summed E-state index contributed by atoms with van der Waals surface area (Å²) in [6.45, 7) is 6.99. The monoisotopic (exact) mass is 371 g/mol. The fourth-order valence-corrected chi connectivity index (χ4v) is 5.73. The van der Waals surface area contributed by atoms with Gasteiger partial charge in [-0.05, 0) is 71.2 Å². The number of piperidine rings is 2. The lowest BCUT2D eigenvalue weighted by molar-refractivity contribution is -0.138. The molecule has 140 valence electrons. The van der Waals surface area contributed by atoms with Crippen LogP contribution in [0.3, 0.4) is 0 Å². The Balaban J connectivity index is 1.34. The van der Waals surface area contributed by atoms with Crippen LogP contribution in [0.5, 0.6) is 0 Å². The predicted octanol–water partition coefficient (Wildman–Crippen LogP) is 4.27. The highest BCUT2D eigenvalue weighted by Gasteiger charge is 2.31. The van der Waals surface area contributed by atoms with E-state index in [4.69, 9.17) is 4.98 Å². The molecular formula is C21H29N3OS. The maximum atomic E-state index is 12.8. The first-order valence-electron chi connectivity index (χ1n) is 10.0. The third-order valence-electron chi connectivity index (χ3n) is 6.09. The zero-order chi connectivity index (χ0) is 18.1. The second-order valence-corrected chi connectivity index (χ2v) is 9.06. The molecule has 2 aliphatic heterocycles. The van der Waals surface area contributed by atoms with E-state index in [-0.39, 0.29) is 0 Å². The number of carbonyl (C=O) groups excluding carboxylic acids is 1. The summed E-state index contributed by atoms with van der Waals surface area (Å²) < 4.78 is 1.29. The van der Waals surface area contributed by atoms with Crippen LogP contribution in [-0.4, -0.2) is 52.4 Å². The van der Waals surface area contributed by atoms with Crippen LogP contribution in [0.2, 0.25) is 0 Å². The maximum absolute atomic E-state index is 12.8. The number of aromatic nitrogens is 1. The number of hydrogen-bond acceptors (Lipinski definition) is 4. The second-order valence-electron chi connectivity index (χ2n) is 8.00. The summed E-state index contributed by atoms with van der Waals surface area (Å²) in [5.41, 5.74) is 1.12. The van der Waals surface area contributed by atoms with Crippen molar-refractivity contribution in [3.63, 3.8) is 0 Å². The van der Waals surface area contributed by atoms with E-state index < -0.39 is 0 Å². The molecule has 26 heavy (non-hydrogen) atoms. The molecule has 0 bridgehead atoms. The van der Waals surface area contributed by atoms with Crippen LogP contribution < -0.4 is 0 Å². The molecule has 4 nitrogen and oxygen atoms in total.